The summed E-state index contributed by atoms with van der Waals surface area (Å²) in [6.45, 7) is 3.81. The summed E-state index contributed by atoms with van der Waals surface area (Å²) in [6, 6.07) is 12.5. The van der Waals surface area contributed by atoms with Gasteiger partial charge in [-0.05, 0) is 43.2 Å². The second-order valence-electron chi connectivity index (χ2n) is 5.23. The number of hydrogen-bond acceptors (Lipinski definition) is 3. The van der Waals surface area contributed by atoms with Gasteiger partial charge < -0.3 is 10.1 Å². The van der Waals surface area contributed by atoms with Crippen molar-refractivity contribution in [3.63, 3.8) is 0 Å². The van der Waals surface area contributed by atoms with E-state index in [1.807, 2.05) is 26.0 Å². The second kappa shape index (κ2) is 7.79. The van der Waals surface area contributed by atoms with Gasteiger partial charge in [-0.15, -0.1) is 0 Å². The number of benzene rings is 2. The number of carbonyl (C=O) groups excluding carboxylic acids is 2. The van der Waals surface area contributed by atoms with E-state index in [0.29, 0.717) is 10.6 Å². The maximum absolute atomic E-state index is 12.0. The number of nitrogens with one attached hydrogen (secondary N) is 1. The third kappa shape index (κ3) is 4.83. The summed E-state index contributed by atoms with van der Waals surface area (Å²) >= 11 is 5.98. The number of hydrogen-bond donors (Lipinski definition) is 1. The number of aryl methyl sites for hydroxylation is 2. The van der Waals surface area contributed by atoms with Crippen LogP contribution >= 0.6 is 11.6 Å². The summed E-state index contributed by atoms with van der Waals surface area (Å²) in [5, 5.41) is 3.09. The molecule has 0 unspecified atom stereocenters. The Bertz CT molecular complexity index is 728. The first-order valence-corrected chi connectivity index (χ1v) is 7.59. The Balaban J connectivity index is 1.83. The Labute approximate surface area is 140 Å². The zero-order valence-corrected chi connectivity index (χ0v) is 13.8. The standard InChI is InChI=1S/C18H18ClNO3/c1-12-7-8-14(9-13(12)2)18(22)20-10-17(21)23-11-15-5-3-4-6-16(15)19/h3-9H,10-11H2,1-2H3,(H,20,22). The number of esters is 1. The molecule has 0 aromatic heterocycles. The maximum atomic E-state index is 12.0. The molecule has 0 aliphatic carbocycles. The molecule has 5 heteroatoms. The largest absolute Gasteiger partial charge is 0.459 e. The smallest absolute Gasteiger partial charge is 0.325 e. The van der Waals surface area contributed by atoms with E-state index >= 15 is 0 Å². The Kier molecular flexibility index (Phi) is 5.77. The Morgan fingerprint density at radius 3 is 2.52 bits per heavy atom. The molecule has 2 rings (SSSR count). The Hall–Kier alpha value is -2.33. The quantitative estimate of drug-likeness (QED) is 0.854. The molecule has 1 N–H and O–H groups in total. The SMILES string of the molecule is Cc1ccc(C(=O)NCC(=O)OCc2ccccc2Cl)cc1C. The number of amides is 1. The van der Waals surface area contributed by atoms with Crippen LogP contribution in [0.5, 0.6) is 0 Å². The first kappa shape index (κ1) is 17.0. The zero-order valence-electron chi connectivity index (χ0n) is 13.1. The molecule has 0 bridgehead atoms. The van der Waals surface area contributed by atoms with Gasteiger partial charge in [0.1, 0.15) is 13.2 Å². The fourth-order valence-corrected chi connectivity index (χ4v) is 2.15. The van der Waals surface area contributed by atoms with E-state index in [1.165, 1.54) is 0 Å². The van der Waals surface area contributed by atoms with Gasteiger partial charge in [0.25, 0.3) is 5.91 Å². The molecule has 0 saturated carbocycles. The highest BCUT2D eigenvalue weighted by Crippen LogP contribution is 2.15. The van der Waals surface area contributed by atoms with Crippen LogP contribution in [0.4, 0.5) is 0 Å². The van der Waals surface area contributed by atoms with E-state index in [-0.39, 0.29) is 19.1 Å². The Morgan fingerprint density at radius 1 is 1.09 bits per heavy atom. The number of ether oxygens (including phenoxy) is 1. The molecule has 0 atom stereocenters. The lowest BCUT2D eigenvalue weighted by Crippen LogP contribution is -2.30. The normalized spacial score (nSPS) is 10.2. The van der Waals surface area contributed by atoms with Crippen molar-refractivity contribution < 1.29 is 14.3 Å². The molecule has 0 saturated heterocycles. The van der Waals surface area contributed by atoms with Gasteiger partial charge in [0.2, 0.25) is 0 Å². The molecule has 0 aliphatic rings. The highest BCUT2D eigenvalue weighted by Gasteiger charge is 2.10. The van der Waals surface area contributed by atoms with Gasteiger partial charge in [0.05, 0.1) is 0 Å². The van der Waals surface area contributed by atoms with Crippen molar-refractivity contribution >= 4 is 23.5 Å². The summed E-state index contributed by atoms with van der Waals surface area (Å²) in [6.07, 6.45) is 0. The van der Waals surface area contributed by atoms with Crippen molar-refractivity contribution in [2.24, 2.45) is 0 Å². The molecule has 0 fully saturated rings. The van der Waals surface area contributed by atoms with Crippen molar-refractivity contribution in [2.45, 2.75) is 20.5 Å². The third-order valence-electron chi connectivity index (χ3n) is 3.51. The summed E-state index contributed by atoms with van der Waals surface area (Å²) in [5.41, 5.74) is 3.38. The van der Waals surface area contributed by atoms with Crippen molar-refractivity contribution in [3.8, 4) is 0 Å². The fourth-order valence-electron chi connectivity index (χ4n) is 1.96. The summed E-state index contributed by atoms with van der Waals surface area (Å²) in [5.74, 6) is -0.815. The average Bonchev–Trinajstić information content (AvgIpc) is 2.54. The molecular weight excluding hydrogens is 314 g/mol. The summed E-state index contributed by atoms with van der Waals surface area (Å²) in [4.78, 5) is 23.7. The van der Waals surface area contributed by atoms with Crippen LogP contribution in [0.2, 0.25) is 5.02 Å². The minimum Gasteiger partial charge on any atom is -0.459 e. The van der Waals surface area contributed by atoms with Gasteiger partial charge in [-0.25, -0.2) is 0 Å². The highest BCUT2D eigenvalue weighted by atomic mass is 35.5. The maximum Gasteiger partial charge on any atom is 0.325 e. The van der Waals surface area contributed by atoms with Gasteiger partial charge in [0, 0.05) is 16.1 Å². The summed E-state index contributed by atoms with van der Waals surface area (Å²) in [7, 11) is 0. The van der Waals surface area contributed by atoms with Crippen molar-refractivity contribution in [3.05, 3.63) is 69.7 Å². The predicted octanol–water partition coefficient (Wildman–Crippen LogP) is 3.43. The van der Waals surface area contributed by atoms with E-state index in [9.17, 15) is 9.59 Å². The molecule has 23 heavy (non-hydrogen) atoms. The molecule has 0 radical (unpaired) electrons. The average molecular weight is 332 g/mol. The molecule has 0 aliphatic heterocycles. The molecular formula is C18H18ClNO3. The van der Waals surface area contributed by atoms with Crippen molar-refractivity contribution in [1.29, 1.82) is 0 Å². The van der Waals surface area contributed by atoms with Crippen molar-refractivity contribution in [2.75, 3.05) is 6.54 Å². The molecule has 4 nitrogen and oxygen atoms in total. The molecule has 0 heterocycles. The minimum absolute atomic E-state index is 0.0814. The van der Waals surface area contributed by atoms with E-state index in [1.54, 1.807) is 30.3 Å². The van der Waals surface area contributed by atoms with Crippen molar-refractivity contribution in [1.82, 2.24) is 5.32 Å². The lowest BCUT2D eigenvalue weighted by atomic mass is 10.1. The first-order valence-electron chi connectivity index (χ1n) is 7.22. The van der Waals surface area contributed by atoms with Gasteiger partial charge in [0.15, 0.2) is 0 Å². The van der Waals surface area contributed by atoms with Gasteiger partial charge in [-0.2, -0.15) is 0 Å². The number of rotatable bonds is 5. The molecule has 120 valence electrons. The lowest BCUT2D eigenvalue weighted by molar-refractivity contribution is -0.143. The third-order valence-corrected chi connectivity index (χ3v) is 3.88. The van der Waals surface area contributed by atoms with Crippen LogP contribution in [0.15, 0.2) is 42.5 Å². The monoisotopic (exact) mass is 331 g/mol. The summed E-state index contributed by atoms with van der Waals surface area (Å²) < 4.78 is 5.10. The zero-order chi connectivity index (χ0) is 16.8. The highest BCUT2D eigenvalue weighted by molar-refractivity contribution is 6.31. The topological polar surface area (TPSA) is 55.4 Å². The van der Waals surface area contributed by atoms with Gasteiger partial charge >= 0.3 is 5.97 Å². The molecule has 0 spiro atoms. The van der Waals surface area contributed by atoms with Gasteiger partial charge in [-0.3, -0.25) is 9.59 Å². The van der Waals surface area contributed by atoms with E-state index in [2.05, 4.69) is 5.32 Å². The van der Waals surface area contributed by atoms with Crippen LogP contribution in [-0.2, 0) is 16.1 Å². The number of halogens is 1. The number of carbonyl (C=O) groups is 2. The first-order chi connectivity index (χ1) is 11.0. The van der Waals surface area contributed by atoms with Crippen LogP contribution in [-0.4, -0.2) is 18.4 Å². The molecule has 2 aromatic rings. The van der Waals surface area contributed by atoms with E-state index in [4.69, 9.17) is 16.3 Å². The van der Waals surface area contributed by atoms with Crippen LogP contribution in [0, 0.1) is 13.8 Å². The molecule has 2 aromatic carbocycles. The predicted molar refractivity (Wildman–Crippen MR) is 89.5 cm³/mol. The van der Waals surface area contributed by atoms with Gasteiger partial charge in [-0.1, -0.05) is 35.9 Å². The lowest BCUT2D eigenvalue weighted by Gasteiger charge is -2.08. The Morgan fingerprint density at radius 2 is 1.83 bits per heavy atom. The minimum atomic E-state index is -0.512. The molecule has 1 amide bonds. The van der Waals surface area contributed by atoms with E-state index in [0.717, 1.165) is 16.7 Å². The van der Waals surface area contributed by atoms with Crippen LogP contribution in [0.25, 0.3) is 0 Å². The van der Waals surface area contributed by atoms with Crippen LogP contribution < -0.4 is 5.32 Å². The van der Waals surface area contributed by atoms with Crippen LogP contribution in [0.1, 0.15) is 27.0 Å². The van der Waals surface area contributed by atoms with E-state index < -0.39 is 5.97 Å². The van der Waals surface area contributed by atoms with Crippen LogP contribution in [0.3, 0.4) is 0 Å². The fraction of sp³-hybridized carbons (Fsp3) is 0.222. The second-order valence-corrected chi connectivity index (χ2v) is 5.64.